The van der Waals surface area contributed by atoms with Crippen LogP contribution < -0.4 is 0 Å². The first-order valence-electron chi connectivity index (χ1n) is 8.91. The third-order valence-electron chi connectivity index (χ3n) is 5.28. The van der Waals surface area contributed by atoms with Crippen LogP contribution in [0.15, 0.2) is 24.3 Å². The number of carbonyl (C=O) groups excluding carboxylic acids is 1. The van der Waals surface area contributed by atoms with Crippen LogP contribution in [0.25, 0.3) is 0 Å². The summed E-state index contributed by atoms with van der Waals surface area (Å²) in [5.74, 6) is -2.16. The van der Waals surface area contributed by atoms with E-state index >= 15 is 0 Å². The van der Waals surface area contributed by atoms with E-state index in [0.29, 0.717) is 5.92 Å². The fourth-order valence-corrected chi connectivity index (χ4v) is 3.91. The molecule has 1 aromatic carbocycles. The van der Waals surface area contributed by atoms with Gasteiger partial charge in [-0.1, -0.05) is 57.4 Å². The Morgan fingerprint density at radius 2 is 1.58 bits per heavy atom. The molecule has 1 aliphatic carbocycles. The summed E-state index contributed by atoms with van der Waals surface area (Å²) in [6.45, 7) is 4.20. The molecular formula is C20H28F2O2. The zero-order valence-corrected chi connectivity index (χ0v) is 14.8. The molecule has 134 valence electrons. The summed E-state index contributed by atoms with van der Waals surface area (Å²) in [5.41, 5.74) is 2.01. The molecule has 2 rings (SSSR count). The highest BCUT2D eigenvalue weighted by Crippen LogP contribution is 2.43. The van der Waals surface area contributed by atoms with Gasteiger partial charge in [0.1, 0.15) is 5.92 Å². The van der Waals surface area contributed by atoms with Crippen molar-refractivity contribution in [1.82, 2.24) is 0 Å². The third-order valence-corrected chi connectivity index (χ3v) is 5.28. The van der Waals surface area contributed by atoms with Crippen LogP contribution in [0.4, 0.5) is 8.78 Å². The van der Waals surface area contributed by atoms with E-state index in [1.54, 1.807) is 0 Å². The second-order valence-corrected chi connectivity index (χ2v) is 7.13. The molecule has 0 N–H and O–H groups in total. The SMILES string of the molecule is COC(=O)C(C(F)F)C(c1ccc(C(C)C)cc1)C1CCCCC1. The van der Waals surface area contributed by atoms with E-state index in [0.717, 1.165) is 37.7 Å². The molecular weight excluding hydrogens is 310 g/mol. The molecule has 1 aromatic rings. The van der Waals surface area contributed by atoms with Crippen molar-refractivity contribution in [3.05, 3.63) is 35.4 Å². The molecule has 0 heterocycles. The molecule has 1 aliphatic rings. The molecule has 0 spiro atoms. The second-order valence-electron chi connectivity index (χ2n) is 7.13. The van der Waals surface area contributed by atoms with Crippen molar-refractivity contribution in [3.63, 3.8) is 0 Å². The first kappa shape index (κ1) is 18.9. The Labute approximate surface area is 143 Å². The summed E-state index contributed by atoms with van der Waals surface area (Å²) in [4.78, 5) is 12.1. The normalized spacial score (nSPS) is 18.6. The van der Waals surface area contributed by atoms with Gasteiger partial charge in [0.15, 0.2) is 0 Å². The molecule has 2 atom stereocenters. The lowest BCUT2D eigenvalue weighted by atomic mass is 9.70. The summed E-state index contributed by atoms with van der Waals surface area (Å²) >= 11 is 0. The molecule has 1 saturated carbocycles. The smallest absolute Gasteiger partial charge is 0.315 e. The average molecular weight is 338 g/mol. The van der Waals surface area contributed by atoms with Crippen LogP contribution in [0.2, 0.25) is 0 Å². The lowest BCUT2D eigenvalue weighted by molar-refractivity contribution is -0.153. The first-order valence-corrected chi connectivity index (χ1v) is 8.91. The number of hydrogen-bond acceptors (Lipinski definition) is 2. The van der Waals surface area contributed by atoms with E-state index in [9.17, 15) is 13.6 Å². The van der Waals surface area contributed by atoms with E-state index in [1.807, 2.05) is 24.3 Å². The highest BCUT2D eigenvalue weighted by atomic mass is 19.3. The molecule has 2 nitrogen and oxygen atoms in total. The van der Waals surface area contributed by atoms with Gasteiger partial charge < -0.3 is 4.74 Å². The summed E-state index contributed by atoms with van der Waals surface area (Å²) in [5, 5.41) is 0. The Balaban J connectivity index is 2.38. The van der Waals surface area contributed by atoms with Gasteiger partial charge in [0.25, 0.3) is 6.43 Å². The van der Waals surface area contributed by atoms with Gasteiger partial charge in [-0.2, -0.15) is 0 Å². The minimum Gasteiger partial charge on any atom is -0.469 e. The molecule has 0 radical (unpaired) electrons. The lowest BCUT2D eigenvalue weighted by Gasteiger charge is -2.35. The van der Waals surface area contributed by atoms with Crippen molar-refractivity contribution in [2.24, 2.45) is 11.8 Å². The number of hydrogen-bond donors (Lipinski definition) is 0. The van der Waals surface area contributed by atoms with Crippen molar-refractivity contribution in [3.8, 4) is 0 Å². The summed E-state index contributed by atoms with van der Waals surface area (Å²) < 4.78 is 32.2. The molecule has 0 amide bonds. The van der Waals surface area contributed by atoms with Gasteiger partial charge in [0, 0.05) is 5.92 Å². The van der Waals surface area contributed by atoms with Crippen LogP contribution in [-0.2, 0) is 9.53 Å². The minimum atomic E-state index is -2.71. The molecule has 24 heavy (non-hydrogen) atoms. The molecule has 4 heteroatoms. The van der Waals surface area contributed by atoms with Gasteiger partial charge in [-0.3, -0.25) is 4.79 Å². The van der Waals surface area contributed by atoms with Crippen molar-refractivity contribution >= 4 is 5.97 Å². The van der Waals surface area contributed by atoms with Crippen LogP contribution in [-0.4, -0.2) is 19.5 Å². The predicted octanol–water partition coefficient (Wildman–Crippen LogP) is 5.53. The van der Waals surface area contributed by atoms with Crippen molar-refractivity contribution in [1.29, 1.82) is 0 Å². The second kappa shape index (κ2) is 8.59. The number of benzene rings is 1. The average Bonchev–Trinajstić information content (AvgIpc) is 2.59. The molecule has 2 unspecified atom stereocenters. The van der Waals surface area contributed by atoms with E-state index < -0.39 is 24.2 Å². The zero-order chi connectivity index (χ0) is 17.7. The zero-order valence-electron chi connectivity index (χ0n) is 14.8. The number of carbonyl (C=O) groups is 1. The largest absolute Gasteiger partial charge is 0.469 e. The summed E-state index contributed by atoms with van der Waals surface area (Å²) in [6.07, 6.45) is 2.32. The minimum absolute atomic E-state index is 0.113. The highest BCUT2D eigenvalue weighted by Gasteiger charge is 2.42. The van der Waals surface area contributed by atoms with Crippen LogP contribution >= 0.6 is 0 Å². The van der Waals surface area contributed by atoms with E-state index in [4.69, 9.17) is 4.74 Å². The maximum absolute atomic E-state index is 13.7. The Morgan fingerprint density at radius 3 is 2.04 bits per heavy atom. The Bertz CT molecular complexity index is 519. The third kappa shape index (κ3) is 4.34. The van der Waals surface area contributed by atoms with Gasteiger partial charge in [-0.05, 0) is 35.8 Å². The Kier molecular flexibility index (Phi) is 6.76. The molecule has 0 aliphatic heterocycles. The summed E-state index contributed by atoms with van der Waals surface area (Å²) in [6, 6.07) is 7.84. The topological polar surface area (TPSA) is 26.3 Å². The molecule has 0 bridgehead atoms. The van der Waals surface area contributed by atoms with Crippen LogP contribution in [0, 0.1) is 11.8 Å². The maximum Gasteiger partial charge on any atom is 0.315 e. The Hall–Kier alpha value is -1.45. The number of ether oxygens (including phenoxy) is 1. The van der Waals surface area contributed by atoms with Gasteiger partial charge in [0.2, 0.25) is 0 Å². The van der Waals surface area contributed by atoms with Gasteiger partial charge in [-0.25, -0.2) is 8.78 Å². The fourth-order valence-electron chi connectivity index (χ4n) is 3.91. The van der Waals surface area contributed by atoms with Gasteiger partial charge >= 0.3 is 5.97 Å². The quantitative estimate of drug-likeness (QED) is 0.638. The van der Waals surface area contributed by atoms with Gasteiger partial charge in [0.05, 0.1) is 7.11 Å². The number of alkyl halides is 2. The van der Waals surface area contributed by atoms with Crippen molar-refractivity contribution < 1.29 is 18.3 Å². The van der Waals surface area contributed by atoms with Crippen molar-refractivity contribution in [2.75, 3.05) is 7.11 Å². The standard InChI is InChI=1S/C20H28F2O2/c1-13(2)14-9-11-16(12-10-14)17(15-7-5-4-6-8-15)18(19(21)22)20(23)24-3/h9-13,15,17-19H,4-8H2,1-3H3. The first-order chi connectivity index (χ1) is 11.5. The summed E-state index contributed by atoms with van der Waals surface area (Å²) in [7, 11) is 1.19. The number of methoxy groups -OCH3 is 1. The van der Waals surface area contributed by atoms with Gasteiger partial charge in [-0.15, -0.1) is 0 Å². The van der Waals surface area contributed by atoms with E-state index in [-0.39, 0.29) is 5.92 Å². The number of rotatable bonds is 6. The fraction of sp³-hybridized carbons (Fsp3) is 0.650. The number of halogens is 2. The molecule has 0 aromatic heterocycles. The Morgan fingerprint density at radius 1 is 1.04 bits per heavy atom. The van der Waals surface area contributed by atoms with Crippen molar-refractivity contribution in [2.45, 2.75) is 64.2 Å². The molecule has 0 saturated heterocycles. The lowest BCUT2D eigenvalue weighted by Crippen LogP contribution is -2.35. The van der Waals surface area contributed by atoms with Crippen LogP contribution in [0.5, 0.6) is 0 Å². The van der Waals surface area contributed by atoms with E-state index in [1.165, 1.54) is 12.7 Å². The molecule has 1 fully saturated rings. The predicted molar refractivity (Wildman–Crippen MR) is 91.4 cm³/mol. The van der Waals surface area contributed by atoms with Crippen LogP contribution in [0.3, 0.4) is 0 Å². The van der Waals surface area contributed by atoms with E-state index in [2.05, 4.69) is 13.8 Å². The van der Waals surface area contributed by atoms with Crippen LogP contribution in [0.1, 0.15) is 68.9 Å². The maximum atomic E-state index is 13.7. The number of esters is 1. The monoisotopic (exact) mass is 338 g/mol. The highest BCUT2D eigenvalue weighted by molar-refractivity contribution is 5.74.